The second kappa shape index (κ2) is 8.07. The molecule has 2 aromatic rings. The maximum Gasteiger partial charge on any atom is 0.250 e. The standard InChI is InChI=1S/C16H16N4O2S2/c21-13(9-6-11-4-2-1-3-5-11)18-15-19-20-16(24-15)23-10-14(22)17-12-7-8-12/h1-6,9,12H,7-8,10H2,(H,17,22)(H,18,19,21). The van der Waals surface area contributed by atoms with Crippen molar-refractivity contribution in [1.82, 2.24) is 15.5 Å². The first-order chi connectivity index (χ1) is 11.7. The van der Waals surface area contributed by atoms with Crippen LogP contribution in [0.5, 0.6) is 0 Å². The number of nitrogens with one attached hydrogen (secondary N) is 2. The lowest BCUT2D eigenvalue weighted by atomic mass is 10.2. The number of hydrogen-bond donors (Lipinski definition) is 2. The maximum absolute atomic E-state index is 11.9. The van der Waals surface area contributed by atoms with E-state index in [4.69, 9.17) is 0 Å². The van der Waals surface area contributed by atoms with Gasteiger partial charge < -0.3 is 5.32 Å². The molecule has 2 N–H and O–H groups in total. The fourth-order valence-electron chi connectivity index (χ4n) is 1.83. The minimum Gasteiger partial charge on any atom is -0.353 e. The number of rotatable bonds is 7. The van der Waals surface area contributed by atoms with Crippen molar-refractivity contribution in [2.45, 2.75) is 23.2 Å². The quantitative estimate of drug-likeness (QED) is 0.450. The topological polar surface area (TPSA) is 84.0 Å². The Morgan fingerprint density at radius 2 is 2.04 bits per heavy atom. The van der Waals surface area contributed by atoms with Gasteiger partial charge in [0.1, 0.15) is 0 Å². The number of nitrogens with zero attached hydrogens (tertiary/aromatic N) is 2. The fraction of sp³-hybridized carbons (Fsp3) is 0.250. The molecular weight excluding hydrogens is 344 g/mol. The van der Waals surface area contributed by atoms with E-state index in [9.17, 15) is 9.59 Å². The van der Waals surface area contributed by atoms with Crippen LogP contribution in [0.1, 0.15) is 18.4 Å². The zero-order chi connectivity index (χ0) is 16.8. The predicted molar refractivity (Wildman–Crippen MR) is 95.9 cm³/mol. The molecule has 124 valence electrons. The predicted octanol–water partition coefficient (Wildman–Crippen LogP) is 2.56. The summed E-state index contributed by atoms with van der Waals surface area (Å²) >= 11 is 2.57. The van der Waals surface area contributed by atoms with Crippen LogP contribution >= 0.6 is 23.1 Å². The van der Waals surface area contributed by atoms with Crippen molar-refractivity contribution < 1.29 is 9.59 Å². The van der Waals surface area contributed by atoms with E-state index in [1.165, 1.54) is 29.2 Å². The van der Waals surface area contributed by atoms with Gasteiger partial charge in [0.25, 0.3) is 0 Å². The summed E-state index contributed by atoms with van der Waals surface area (Å²) in [7, 11) is 0. The molecule has 0 bridgehead atoms. The average Bonchev–Trinajstić information content (AvgIpc) is 3.29. The molecule has 1 aromatic heterocycles. The minimum absolute atomic E-state index is 0.00841. The van der Waals surface area contributed by atoms with Gasteiger partial charge in [-0.15, -0.1) is 10.2 Å². The lowest BCUT2D eigenvalue weighted by Crippen LogP contribution is -2.26. The van der Waals surface area contributed by atoms with E-state index >= 15 is 0 Å². The molecule has 0 saturated heterocycles. The monoisotopic (exact) mass is 360 g/mol. The van der Waals surface area contributed by atoms with Gasteiger partial charge >= 0.3 is 0 Å². The van der Waals surface area contributed by atoms with E-state index < -0.39 is 0 Å². The molecule has 6 nitrogen and oxygen atoms in total. The molecule has 0 atom stereocenters. The maximum atomic E-state index is 11.9. The summed E-state index contributed by atoms with van der Waals surface area (Å²) in [6, 6.07) is 9.92. The summed E-state index contributed by atoms with van der Waals surface area (Å²) in [5, 5.41) is 13.9. The number of anilines is 1. The molecule has 1 aromatic carbocycles. The highest BCUT2D eigenvalue weighted by Gasteiger charge is 2.23. The number of hydrogen-bond acceptors (Lipinski definition) is 6. The Balaban J connectivity index is 1.45. The molecule has 0 spiro atoms. The van der Waals surface area contributed by atoms with Crippen molar-refractivity contribution in [2.24, 2.45) is 0 Å². The Labute approximate surface area is 147 Å². The third-order valence-electron chi connectivity index (χ3n) is 3.13. The molecule has 1 aliphatic carbocycles. The van der Waals surface area contributed by atoms with Gasteiger partial charge in [-0.2, -0.15) is 0 Å². The number of aromatic nitrogens is 2. The average molecular weight is 360 g/mol. The van der Waals surface area contributed by atoms with Crippen LogP contribution < -0.4 is 10.6 Å². The molecule has 8 heteroatoms. The van der Waals surface area contributed by atoms with Gasteiger partial charge in [0.15, 0.2) is 4.34 Å². The summed E-state index contributed by atoms with van der Waals surface area (Å²) in [5.74, 6) is 0.0552. The zero-order valence-electron chi connectivity index (χ0n) is 12.8. The van der Waals surface area contributed by atoms with Crippen LogP contribution in [0.2, 0.25) is 0 Å². The minimum atomic E-state index is -0.266. The summed E-state index contributed by atoms with van der Waals surface area (Å²) in [6.07, 6.45) is 5.32. The molecule has 2 amide bonds. The van der Waals surface area contributed by atoms with Crippen LogP contribution in [-0.4, -0.2) is 33.8 Å². The third kappa shape index (κ3) is 5.47. The number of amides is 2. The summed E-state index contributed by atoms with van der Waals surface area (Å²) in [5.41, 5.74) is 0.947. The highest BCUT2D eigenvalue weighted by atomic mass is 32.2. The van der Waals surface area contributed by atoms with E-state index in [-0.39, 0.29) is 11.8 Å². The van der Waals surface area contributed by atoms with Crippen LogP contribution in [0.4, 0.5) is 5.13 Å². The number of carbonyl (C=O) groups excluding carboxylic acids is 2. The number of thioether (sulfide) groups is 1. The van der Waals surface area contributed by atoms with Gasteiger partial charge in [0, 0.05) is 12.1 Å². The van der Waals surface area contributed by atoms with Gasteiger partial charge in [-0.05, 0) is 24.5 Å². The Bertz CT molecular complexity index is 742. The van der Waals surface area contributed by atoms with E-state index in [0.29, 0.717) is 21.3 Å². The van der Waals surface area contributed by atoms with Gasteiger partial charge in [0.2, 0.25) is 16.9 Å². The van der Waals surface area contributed by atoms with Crippen molar-refractivity contribution in [3.8, 4) is 0 Å². The largest absolute Gasteiger partial charge is 0.353 e. The van der Waals surface area contributed by atoms with E-state index in [0.717, 1.165) is 18.4 Å². The lowest BCUT2D eigenvalue weighted by molar-refractivity contribution is -0.118. The Hall–Kier alpha value is -2.19. The van der Waals surface area contributed by atoms with Gasteiger partial charge in [-0.25, -0.2) is 0 Å². The first-order valence-electron chi connectivity index (χ1n) is 7.49. The smallest absolute Gasteiger partial charge is 0.250 e. The number of carbonyl (C=O) groups is 2. The molecule has 3 rings (SSSR count). The van der Waals surface area contributed by atoms with Gasteiger partial charge in [-0.1, -0.05) is 53.4 Å². The summed E-state index contributed by atoms with van der Waals surface area (Å²) < 4.78 is 0.656. The molecule has 1 heterocycles. The molecule has 0 unspecified atom stereocenters. The van der Waals surface area contributed by atoms with Crippen molar-refractivity contribution >= 4 is 46.1 Å². The lowest BCUT2D eigenvalue weighted by Gasteiger charge is -1.99. The van der Waals surface area contributed by atoms with E-state index in [1.54, 1.807) is 6.08 Å². The molecule has 1 saturated carbocycles. The van der Waals surface area contributed by atoms with Crippen molar-refractivity contribution in [2.75, 3.05) is 11.1 Å². The van der Waals surface area contributed by atoms with Gasteiger partial charge in [0.05, 0.1) is 5.75 Å². The van der Waals surface area contributed by atoms with Crippen molar-refractivity contribution in [1.29, 1.82) is 0 Å². The molecule has 1 aliphatic rings. The normalized spacial score (nSPS) is 13.8. The molecule has 24 heavy (non-hydrogen) atoms. The molecule has 0 radical (unpaired) electrons. The van der Waals surface area contributed by atoms with Crippen molar-refractivity contribution in [3.63, 3.8) is 0 Å². The van der Waals surface area contributed by atoms with Crippen LogP contribution in [0.25, 0.3) is 6.08 Å². The molecule has 0 aliphatic heterocycles. The third-order valence-corrected chi connectivity index (χ3v) is 5.10. The Morgan fingerprint density at radius 1 is 1.25 bits per heavy atom. The summed E-state index contributed by atoms with van der Waals surface area (Å²) in [6.45, 7) is 0. The highest BCUT2D eigenvalue weighted by molar-refractivity contribution is 8.01. The first-order valence-corrected chi connectivity index (χ1v) is 9.29. The van der Waals surface area contributed by atoms with E-state index in [2.05, 4.69) is 20.8 Å². The Kier molecular flexibility index (Phi) is 5.60. The van der Waals surface area contributed by atoms with Crippen LogP contribution in [-0.2, 0) is 9.59 Å². The zero-order valence-corrected chi connectivity index (χ0v) is 14.4. The second-order valence-electron chi connectivity index (χ2n) is 5.24. The fourth-order valence-corrected chi connectivity index (χ4v) is 3.39. The highest BCUT2D eigenvalue weighted by Crippen LogP contribution is 2.26. The molecular formula is C16H16N4O2S2. The SMILES string of the molecule is O=C(C=Cc1ccccc1)Nc1nnc(SCC(=O)NC2CC2)s1. The second-order valence-corrected chi connectivity index (χ2v) is 7.44. The molecule has 1 fully saturated rings. The van der Waals surface area contributed by atoms with E-state index in [1.807, 2.05) is 30.3 Å². The van der Waals surface area contributed by atoms with Crippen LogP contribution in [0, 0.1) is 0 Å². The van der Waals surface area contributed by atoms with Crippen LogP contribution in [0.3, 0.4) is 0 Å². The number of benzene rings is 1. The van der Waals surface area contributed by atoms with Crippen molar-refractivity contribution in [3.05, 3.63) is 42.0 Å². The van der Waals surface area contributed by atoms with Gasteiger partial charge in [-0.3, -0.25) is 14.9 Å². The van der Waals surface area contributed by atoms with Crippen LogP contribution in [0.15, 0.2) is 40.7 Å². The first kappa shape index (κ1) is 16.7. The Morgan fingerprint density at radius 3 is 2.79 bits per heavy atom. The summed E-state index contributed by atoms with van der Waals surface area (Å²) in [4.78, 5) is 23.5.